The maximum absolute atomic E-state index is 6.16. The molecule has 2 nitrogen and oxygen atoms in total. The molecule has 1 unspecified atom stereocenters. The largest absolute Gasteiger partial charge is 0.355 e. The standard InChI is InChI=1S/C11H24O2Si/c1-8(2)10(9(3)4)13-11(14)6-5-7-12-11/h8-10H,5-7H2,1-4,14H3. The molecule has 1 atom stereocenters. The monoisotopic (exact) mass is 216 g/mol. The van der Waals surface area contributed by atoms with E-state index in [1.807, 2.05) is 0 Å². The van der Waals surface area contributed by atoms with E-state index in [4.69, 9.17) is 9.47 Å². The molecular formula is C11H24O2Si. The molecule has 0 aromatic carbocycles. The Kier molecular flexibility index (Phi) is 4.16. The van der Waals surface area contributed by atoms with Crippen LogP contribution in [0.5, 0.6) is 0 Å². The van der Waals surface area contributed by atoms with E-state index in [2.05, 4.69) is 27.7 Å². The highest BCUT2D eigenvalue weighted by atomic mass is 28.1. The number of ether oxygens (including phenoxy) is 2. The molecule has 1 saturated heterocycles. The topological polar surface area (TPSA) is 18.5 Å². The maximum Gasteiger partial charge on any atom is 0.142 e. The van der Waals surface area contributed by atoms with Crippen molar-refractivity contribution in [3.63, 3.8) is 0 Å². The van der Waals surface area contributed by atoms with E-state index in [0.717, 1.165) is 29.7 Å². The average molecular weight is 216 g/mol. The van der Waals surface area contributed by atoms with Gasteiger partial charge in [0.05, 0.1) is 16.3 Å². The van der Waals surface area contributed by atoms with Crippen LogP contribution in [0, 0.1) is 11.8 Å². The van der Waals surface area contributed by atoms with Crippen LogP contribution >= 0.6 is 0 Å². The van der Waals surface area contributed by atoms with Crippen molar-refractivity contribution in [3.05, 3.63) is 0 Å². The lowest BCUT2D eigenvalue weighted by Crippen LogP contribution is -2.40. The van der Waals surface area contributed by atoms with Crippen LogP contribution in [0.4, 0.5) is 0 Å². The fourth-order valence-corrected chi connectivity index (χ4v) is 3.01. The molecule has 1 aliphatic heterocycles. The van der Waals surface area contributed by atoms with Gasteiger partial charge in [-0.05, 0) is 24.7 Å². The Bertz CT molecular complexity index is 166. The molecule has 0 aliphatic carbocycles. The number of hydrogen-bond donors (Lipinski definition) is 0. The second-order valence-electron chi connectivity index (χ2n) is 5.16. The Morgan fingerprint density at radius 2 is 1.79 bits per heavy atom. The van der Waals surface area contributed by atoms with E-state index >= 15 is 0 Å². The van der Waals surface area contributed by atoms with Crippen LogP contribution in [-0.2, 0) is 9.47 Å². The smallest absolute Gasteiger partial charge is 0.142 e. The van der Waals surface area contributed by atoms with Crippen LogP contribution in [0.15, 0.2) is 0 Å². The molecule has 1 heterocycles. The minimum absolute atomic E-state index is 0.181. The first-order valence-corrected chi connectivity index (χ1v) is 6.76. The van der Waals surface area contributed by atoms with E-state index in [0.29, 0.717) is 17.9 Å². The van der Waals surface area contributed by atoms with Gasteiger partial charge in [0, 0.05) is 6.61 Å². The van der Waals surface area contributed by atoms with Crippen molar-refractivity contribution in [2.24, 2.45) is 11.8 Å². The maximum atomic E-state index is 6.16. The lowest BCUT2D eigenvalue weighted by Gasteiger charge is -2.34. The van der Waals surface area contributed by atoms with Crippen molar-refractivity contribution in [2.75, 3.05) is 6.61 Å². The summed E-state index contributed by atoms with van der Waals surface area (Å²) in [6, 6.07) is 0. The fourth-order valence-electron chi connectivity index (χ4n) is 2.18. The summed E-state index contributed by atoms with van der Waals surface area (Å²) in [6.07, 6.45) is 2.59. The molecule has 0 bridgehead atoms. The second-order valence-corrected chi connectivity index (χ2v) is 6.68. The van der Waals surface area contributed by atoms with Gasteiger partial charge in [-0.15, -0.1) is 0 Å². The predicted molar refractivity (Wildman–Crippen MR) is 62.4 cm³/mol. The Balaban J connectivity index is 2.54. The molecule has 84 valence electrons. The van der Waals surface area contributed by atoms with Crippen LogP contribution in [0.2, 0.25) is 0 Å². The molecule has 0 radical (unpaired) electrons. The quantitative estimate of drug-likeness (QED) is 0.663. The fraction of sp³-hybridized carbons (Fsp3) is 1.00. The van der Waals surface area contributed by atoms with Gasteiger partial charge in [0.1, 0.15) is 5.41 Å². The molecule has 0 N–H and O–H groups in total. The van der Waals surface area contributed by atoms with Crippen LogP contribution in [0.3, 0.4) is 0 Å². The van der Waals surface area contributed by atoms with E-state index in [1.54, 1.807) is 0 Å². The van der Waals surface area contributed by atoms with Crippen molar-refractivity contribution in [3.8, 4) is 0 Å². The Labute approximate surface area is 90.8 Å². The van der Waals surface area contributed by atoms with Gasteiger partial charge in [-0.2, -0.15) is 0 Å². The summed E-state index contributed by atoms with van der Waals surface area (Å²) < 4.78 is 11.9. The zero-order valence-electron chi connectivity index (χ0n) is 10.2. The SMILES string of the molecule is CC(C)C(OC1([SiH3])CCCO1)C(C)C. The van der Waals surface area contributed by atoms with Gasteiger partial charge in [-0.25, -0.2) is 0 Å². The van der Waals surface area contributed by atoms with Crippen molar-refractivity contribution in [1.29, 1.82) is 0 Å². The van der Waals surface area contributed by atoms with Gasteiger partial charge in [-0.1, -0.05) is 27.7 Å². The molecular weight excluding hydrogens is 192 g/mol. The van der Waals surface area contributed by atoms with Gasteiger partial charge in [-0.3, -0.25) is 0 Å². The summed E-state index contributed by atoms with van der Waals surface area (Å²) in [7, 11) is 0.977. The first-order valence-electron chi connectivity index (χ1n) is 5.76. The van der Waals surface area contributed by atoms with E-state index in [-0.39, 0.29) is 5.41 Å². The Morgan fingerprint density at radius 1 is 1.21 bits per heavy atom. The minimum Gasteiger partial charge on any atom is -0.355 e. The third-order valence-corrected chi connectivity index (χ3v) is 3.91. The van der Waals surface area contributed by atoms with Gasteiger partial charge in [0.2, 0.25) is 0 Å². The van der Waals surface area contributed by atoms with Crippen LogP contribution in [0.25, 0.3) is 0 Å². The van der Waals surface area contributed by atoms with Crippen molar-refractivity contribution in [1.82, 2.24) is 0 Å². The third-order valence-electron chi connectivity index (χ3n) is 2.88. The molecule has 1 aliphatic rings. The lowest BCUT2D eigenvalue weighted by atomic mass is 9.96. The zero-order valence-corrected chi connectivity index (χ0v) is 12.2. The number of rotatable bonds is 4. The molecule has 3 heteroatoms. The van der Waals surface area contributed by atoms with Gasteiger partial charge >= 0.3 is 0 Å². The van der Waals surface area contributed by atoms with Crippen molar-refractivity contribution < 1.29 is 9.47 Å². The molecule has 0 aromatic rings. The van der Waals surface area contributed by atoms with Crippen LogP contribution in [-0.4, -0.2) is 28.4 Å². The Hall–Kier alpha value is 0.137. The first-order chi connectivity index (χ1) is 6.44. The average Bonchev–Trinajstić information content (AvgIpc) is 2.48. The summed E-state index contributed by atoms with van der Waals surface area (Å²) >= 11 is 0. The normalized spacial score (nSPS) is 28.5. The minimum atomic E-state index is -0.181. The summed E-state index contributed by atoms with van der Waals surface area (Å²) in [5.41, 5.74) is -0.181. The van der Waals surface area contributed by atoms with Gasteiger partial charge in [0.15, 0.2) is 0 Å². The molecule has 0 saturated carbocycles. The molecule has 14 heavy (non-hydrogen) atoms. The highest BCUT2D eigenvalue weighted by molar-refractivity contribution is 6.13. The third kappa shape index (κ3) is 3.07. The van der Waals surface area contributed by atoms with E-state index in [1.165, 1.54) is 0 Å². The molecule has 1 fully saturated rings. The van der Waals surface area contributed by atoms with Crippen molar-refractivity contribution >= 4 is 10.2 Å². The molecule has 0 spiro atoms. The predicted octanol–water partition coefficient (Wildman–Crippen LogP) is 1.51. The van der Waals surface area contributed by atoms with Gasteiger partial charge in [0.25, 0.3) is 0 Å². The molecule has 0 amide bonds. The van der Waals surface area contributed by atoms with Crippen molar-refractivity contribution in [2.45, 2.75) is 52.1 Å². The lowest BCUT2D eigenvalue weighted by molar-refractivity contribution is -0.198. The molecule has 0 aromatic heterocycles. The summed E-state index contributed by atoms with van der Waals surface area (Å²) in [6.45, 7) is 9.79. The Morgan fingerprint density at radius 3 is 2.14 bits per heavy atom. The highest BCUT2D eigenvalue weighted by Crippen LogP contribution is 2.29. The highest BCUT2D eigenvalue weighted by Gasteiger charge is 2.34. The van der Waals surface area contributed by atoms with E-state index < -0.39 is 0 Å². The van der Waals surface area contributed by atoms with E-state index in [9.17, 15) is 0 Å². The molecule has 1 rings (SSSR count). The summed E-state index contributed by atoms with van der Waals surface area (Å²) in [4.78, 5) is 0. The first kappa shape index (κ1) is 12.2. The summed E-state index contributed by atoms with van der Waals surface area (Å²) in [5, 5.41) is 0. The summed E-state index contributed by atoms with van der Waals surface area (Å²) in [5.74, 6) is 1.15. The van der Waals surface area contributed by atoms with Gasteiger partial charge < -0.3 is 9.47 Å². The second kappa shape index (κ2) is 4.77. The zero-order chi connectivity index (χ0) is 10.8. The number of hydrogen-bond acceptors (Lipinski definition) is 2. The van der Waals surface area contributed by atoms with Crippen LogP contribution < -0.4 is 0 Å². The van der Waals surface area contributed by atoms with Crippen LogP contribution in [0.1, 0.15) is 40.5 Å².